The molecule has 0 aliphatic carbocycles. The molecular formula is C12H19F3N6O. The molecular weight excluding hydrogens is 301 g/mol. The van der Waals surface area contributed by atoms with E-state index in [9.17, 15) is 18.3 Å². The first-order valence-electron chi connectivity index (χ1n) is 6.85. The molecule has 1 aromatic heterocycles. The van der Waals surface area contributed by atoms with Crippen molar-refractivity contribution in [2.45, 2.75) is 37.7 Å². The molecule has 1 fully saturated rings. The molecule has 22 heavy (non-hydrogen) atoms. The summed E-state index contributed by atoms with van der Waals surface area (Å²) in [7, 11) is 3.45. The van der Waals surface area contributed by atoms with Crippen molar-refractivity contribution < 1.29 is 18.3 Å². The number of aliphatic hydroxyl groups is 1. The van der Waals surface area contributed by atoms with Gasteiger partial charge < -0.3 is 15.7 Å². The Kier molecular flexibility index (Phi) is 4.71. The van der Waals surface area contributed by atoms with Crippen molar-refractivity contribution in [2.24, 2.45) is 0 Å². The molecule has 2 atom stereocenters. The van der Waals surface area contributed by atoms with Crippen LogP contribution in [0, 0.1) is 0 Å². The fraction of sp³-hybridized carbons (Fsp3) is 0.750. The lowest BCUT2D eigenvalue weighted by molar-refractivity contribution is -0.219. The van der Waals surface area contributed by atoms with Gasteiger partial charge in [-0.1, -0.05) is 0 Å². The monoisotopic (exact) mass is 320 g/mol. The van der Waals surface area contributed by atoms with Crippen molar-refractivity contribution in [1.29, 1.82) is 0 Å². The van der Waals surface area contributed by atoms with Gasteiger partial charge in [0.2, 0.25) is 11.9 Å². The molecule has 1 aromatic rings. The smallest absolute Gasteiger partial charge is 0.382 e. The quantitative estimate of drug-likeness (QED) is 0.830. The first-order chi connectivity index (χ1) is 10.2. The van der Waals surface area contributed by atoms with Gasteiger partial charge in [-0.3, -0.25) is 4.90 Å². The Morgan fingerprint density at radius 2 is 2.05 bits per heavy atom. The summed E-state index contributed by atoms with van der Waals surface area (Å²) in [5, 5.41) is 9.48. The maximum Gasteiger partial charge on any atom is 0.415 e. The highest BCUT2D eigenvalue weighted by Crippen LogP contribution is 2.31. The minimum Gasteiger partial charge on any atom is -0.382 e. The molecule has 10 heteroatoms. The number of aliphatic hydroxyl groups excluding tert-OH is 1. The van der Waals surface area contributed by atoms with Crippen LogP contribution in [0.15, 0.2) is 0 Å². The first-order valence-corrected chi connectivity index (χ1v) is 6.85. The Balaban J connectivity index is 2.16. The second kappa shape index (κ2) is 6.21. The van der Waals surface area contributed by atoms with E-state index in [0.29, 0.717) is 18.9 Å². The van der Waals surface area contributed by atoms with E-state index in [0.717, 1.165) is 0 Å². The van der Waals surface area contributed by atoms with Gasteiger partial charge in [0.15, 0.2) is 6.10 Å². The van der Waals surface area contributed by atoms with Gasteiger partial charge in [-0.05, 0) is 19.4 Å². The Hall–Kier alpha value is -1.68. The molecule has 0 bridgehead atoms. The molecule has 124 valence electrons. The lowest BCUT2D eigenvalue weighted by atomic mass is 10.1. The summed E-state index contributed by atoms with van der Waals surface area (Å²) in [6, 6.07) is -0.985. The summed E-state index contributed by atoms with van der Waals surface area (Å²) in [6.45, 7) is 0.534. The number of aromatic nitrogens is 3. The summed E-state index contributed by atoms with van der Waals surface area (Å²) in [4.78, 5) is 15.2. The van der Waals surface area contributed by atoms with E-state index in [2.05, 4.69) is 15.0 Å². The zero-order valence-electron chi connectivity index (χ0n) is 12.4. The molecule has 1 aliphatic heterocycles. The third-order valence-electron chi connectivity index (χ3n) is 3.55. The number of alkyl halides is 3. The summed E-state index contributed by atoms with van der Waals surface area (Å²) >= 11 is 0. The van der Waals surface area contributed by atoms with Crippen LogP contribution in [0.5, 0.6) is 0 Å². The second-order valence-electron chi connectivity index (χ2n) is 5.47. The van der Waals surface area contributed by atoms with E-state index in [1.165, 1.54) is 4.90 Å². The molecule has 0 saturated carbocycles. The number of hydrogen-bond acceptors (Lipinski definition) is 7. The van der Waals surface area contributed by atoms with Crippen LogP contribution in [0.25, 0.3) is 0 Å². The standard InChI is InChI=1S/C12H19F3N6O/c1-20(2)11-18-8(17-10(16)19-11)6-21-5-3-4-7(21)9(22)12(13,14)15/h7,9,22H,3-6H2,1-2H3,(H2,16,17,18,19)/t7-,9+/m1/s1. The van der Waals surface area contributed by atoms with Crippen molar-refractivity contribution in [2.75, 3.05) is 31.3 Å². The van der Waals surface area contributed by atoms with E-state index in [-0.39, 0.29) is 24.7 Å². The van der Waals surface area contributed by atoms with Gasteiger partial charge in [-0.15, -0.1) is 0 Å². The van der Waals surface area contributed by atoms with E-state index in [1.54, 1.807) is 19.0 Å². The van der Waals surface area contributed by atoms with Crippen LogP contribution < -0.4 is 10.6 Å². The largest absolute Gasteiger partial charge is 0.415 e. The second-order valence-corrected chi connectivity index (χ2v) is 5.47. The molecule has 0 aromatic carbocycles. The van der Waals surface area contributed by atoms with Gasteiger partial charge in [-0.25, -0.2) is 0 Å². The Bertz CT molecular complexity index is 524. The van der Waals surface area contributed by atoms with Crippen LogP contribution in [0.4, 0.5) is 25.1 Å². The summed E-state index contributed by atoms with van der Waals surface area (Å²) in [6.07, 6.45) is -6.15. The zero-order chi connectivity index (χ0) is 16.5. The van der Waals surface area contributed by atoms with E-state index in [1.807, 2.05) is 0 Å². The van der Waals surface area contributed by atoms with Gasteiger partial charge >= 0.3 is 6.18 Å². The fourth-order valence-electron chi connectivity index (χ4n) is 2.50. The summed E-state index contributed by atoms with van der Waals surface area (Å²) in [5.74, 6) is 0.646. The normalized spacial score (nSPS) is 21.1. The Labute approximate surface area is 126 Å². The summed E-state index contributed by atoms with van der Waals surface area (Å²) < 4.78 is 38.1. The first kappa shape index (κ1) is 16.7. The van der Waals surface area contributed by atoms with E-state index >= 15 is 0 Å². The number of nitrogens with zero attached hydrogens (tertiary/aromatic N) is 5. The highest BCUT2D eigenvalue weighted by Gasteiger charge is 2.47. The molecule has 0 radical (unpaired) electrons. The maximum atomic E-state index is 12.7. The molecule has 0 unspecified atom stereocenters. The van der Waals surface area contributed by atoms with Crippen LogP contribution in [-0.2, 0) is 6.54 Å². The maximum absolute atomic E-state index is 12.7. The fourth-order valence-corrected chi connectivity index (χ4v) is 2.50. The van der Waals surface area contributed by atoms with E-state index in [4.69, 9.17) is 5.73 Å². The molecule has 1 saturated heterocycles. The summed E-state index contributed by atoms with van der Waals surface area (Å²) in [5.41, 5.74) is 5.60. The lowest BCUT2D eigenvalue weighted by Crippen LogP contribution is -2.46. The number of rotatable bonds is 4. The predicted molar refractivity (Wildman–Crippen MR) is 74.1 cm³/mol. The Morgan fingerprint density at radius 3 is 2.64 bits per heavy atom. The average Bonchev–Trinajstić information content (AvgIpc) is 2.83. The van der Waals surface area contributed by atoms with Crippen LogP contribution in [0.3, 0.4) is 0 Å². The van der Waals surface area contributed by atoms with Gasteiger partial charge in [-0.2, -0.15) is 28.1 Å². The van der Waals surface area contributed by atoms with Gasteiger partial charge in [0.25, 0.3) is 0 Å². The average molecular weight is 320 g/mol. The molecule has 0 amide bonds. The van der Waals surface area contributed by atoms with Crippen molar-refractivity contribution in [3.63, 3.8) is 0 Å². The molecule has 1 aliphatic rings. The third-order valence-corrected chi connectivity index (χ3v) is 3.55. The number of halogens is 3. The van der Waals surface area contributed by atoms with Crippen LogP contribution in [0.1, 0.15) is 18.7 Å². The predicted octanol–water partition coefficient (Wildman–Crippen LogP) is 0.407. The Morgan fingerprint density at radius 1 is 1.36 bits per heavy atom. The highest BCUT2D eigenvalue weighted by atomic mass is 19.4. The van der Waals surface area contributed by atoms with Crippen LogP contribution in [0.2, 0.25) is 0 Å². The number of nitrogen functional groups attached to an aromatic ring is 1. The van der Waals surface area contributed by atoms with E-state index < -0.39 is 18.3 Å². The van der Waals surface area contributed by atoms with Gasteiger partial charge in [0, 0.05) is 20.1 Å². The van der Waals surface area contributed by atoms with Crippen molar-refractivity contribution >= 4 is 11.9 Å². The van der Waals surface area contributed by atoms with Crippen LogP contribution in [-0.4, -0.2) is 63.9 Å². The minimum atomic E-state index is -4.64. The zero-order valence-corrected chi connectivity index (χ0v) is 12.4. The molecule has 3 N–H and O–H groups in total. The highest BCUT2D eigenvalue weighted by molar-refractivity contribution is 5.32. The SMILES string of the molecule is CN(C)c1nc(N)nc(CN2CCC[C@@H]2[C@H](O)C(F)(F)F)n1. The van der Waals surface area contributed by atoms with Crippen LogP contribution >= 0.6 is 0 Å². The van der Waals surface area contributed by atoms with Crippen molar-refractivity contribution in [1.82, 2.24) is 19.9 Å². The topological polar surface area (TPSA) is 91.4 Å². The number of likely N-dealkylation sites (tertiary alicyclic amines) is 1. The molecule has 2 rings (SSSR count). The molecule has 2 heterocycles. The van der Waals surface area contributed by atoms with Gasteiger partial charge in [0.05, 0.1) is 6.54 Å². The minimum absolute atomic E-state index is 0.0146. The lowest BCUT2D eigenvalue weighted by Gasteiger charge is -2.29. The molecule has 0 spiro atoms. The van der Waals surface area contributed by atoms with Crippen molar-refractivity contribution in [3.8, 4) is 0 Å². The van der Waals surface area contributed by atoms with Crippen molar-refractivity contribution in [3.05, 3.63) is 5.82 Å². The molecule has 7 nitrogen and oxygen atoms in total. The number of nitrogens with two attached hydrogens (primary N) is 1. The number of anilines is 2. The van der Waals surface area contributed by atoms with Gasteiger partial charge in [0.1, 0.15) is 5.82 Å². The third kappa shape index (κ3) is 3.74. The number of hydrogen-bond donors (Lipinski definition) is 2.